The smallest absolute Gasteiger partial charge is 0.320 e. The summed E-state index contributed by atoms with van der Waals surface area (Å²) in [5.74, 6) is -1.55. The Kier molecular flexibility index (Phi) is 6.42. The third kappa shape index (κ3) is 4.52. The van der Waals surface area contributed by atoms with E-state index in [1.807, 2.05) is 91.0 Å². The van der Waals surface area contributed by atoms with Crippen LogP contribution in [0.15, 0.2) is 91.0 Å². The number of aliphatic carboxylic acids is 1. The van der Waals surface area contributed by atoms with Gasteiger partial charge in [0.05, 0.1) is 5.54 Å². The monoisotopic (exact) mass is 388 g/mol. The van der Waals surface area contributed by atoms with Gasteiger partial charge in [0.1, 0.15) is 6.04 Å². The number of rotatable bonds is 9. The van der Waals surface area contributed by atoms with Gasteiger partial charge in [-0.3, -0.25) is 14.9 Å². The molecule has 5 heteroatoms. The van der Waals surface area contributed by atoms with Gasteiger partial charge in [0.2, 0.25) is 5.91 Å². The van der Waals surface area contributed by atoms with Crippen LogP contribution in [0.3, 0.4) is 0 Å². The number of carboxylic acids is 1. The van der Waals surface area contributed by atoms with Crippen LogP contribution in [-0.4, -0.2) is 23.0 Å². The molecule has 0 spiro atoms. The van der Waals surface area contributed by atoms with Gasteiger partial charge in [-0.25, -0.2) is 0 Å². The van der Waals surface area contributed by atoms with Crippen LogP contribution in [0.1, 0.15) is 29.5 Å². The number of hydrogen-bond donors (Lipinski definition) is 3. The molecular weight excluding hydrogens is 364 g/mol. The molecule has 0 aliphatic carbocycles. The highest BCUT2D eigenvalue weighted by Crippen LogP contribution is 2.37. The van der Waals surface area contributed by atoms with E-state index in [1.54, 1.807) is 0 Å². The lowest BCUT2D eigenvalue weighted by atomic mass is 9.76. The van der Waals surface area contributed by atoms with Crippen molar-refractivity contribution in [2.75, 3.05) is 0 Å². The second kappa shape index (κ2) is 9.17. The van der Waals surface area contributed by atoms with Crippen molar-refractivity contribution in [2.24, 2.45) is 5.73 Å². The van der Waals surface area contributed by atoms with Crippen molar-refractivity contribution in [1.82, 2.24) is 5.32 Å². The highest BCUT2D eigenvalue weighted by atomic mass is 16.4. The van der Waals surface area contributed by atoms with E-state index < -0.39 is 23.5 Å². The fourth-order valence-electron chi connectivity index (χ4n) is 3.62. The Morgan fingerprint density at radius 1 is 0.793 bits per heavy atom. The molecule has 29 heavy (non-hydrogen) atoms. The number of carbonyl (C=O) groups is 2. The Hall–Kier alpha value is -3.44. The fourth-order valence-corrected chi connectivity index (χ4v) is 3.62. The van der Waals surface area contributed by atoms with Gasteiger partial charge >= 0.3 is 5.97 Å². The molecule has 0 aliphatic rings. The van der Waals surface area contributed by atoms with Crippen LogP contribution in [0.2, 0.25) is 0 Å². The maximum absolute atomic E-state index is 12.1. The molecule has 5 nitrogen and oxygen atoms in total. The second-order valence-electron chi connectivity index (χ2n) is 6.89. The zero-order valence-electron chi connectivity index (χ0n) is 16.0. The number of nitrogens with one attached hydrogen (secondary N) is 1. The Morgan fingerprint density at radius 3 is 1.48 bits per heavy atom. The summed E-state index contributed by atoms with van der Waals surface area (Å²) in [5, 5.41) is 13.2. The van der Waals surface area contributed by atoms with Gasteiger partial charge in [-0.2, -0.15) is 0 Å². The van der Waals surface area contributed by atoms with Crippen molar-refractivity contribution in [3.8, 4) is 0 Å². The predicted octanol–water partition coefficient (Wildman–Crippen LogP) is 3.29. The lowest BCUT2D eigenvalue weighted by Gasteiger charge is -2.39. The van der Waals surface area contributed by atoms with Crippen LogP contribution in [0, 0.1) is 0 Å². The van der Waals surface area contributed by atoms with E-state index in [0.29, 0.717) is 0 Å². The molecule has 0 heterocycles. The number of primary amides is 1. The Balaban J connectivity index is 2.21. The zero-order chi connectivity index (χ0) is 20.7. The van der Waals surface area contributed by atoms with Crippen molar-refractivity contribution >= 4 is 11.9 Å². The van der Waals surface area contributed by atoms with Gasteiger partial charge in [-0.05, 0) is 23.1 Å². The van der Waals surface area contributed by atoms with E-state index in [-0.39, 0.29) is 12.8 Å². The first-order chi connectivity index (χ1) is 14.0. The first kappa shape index (κ1) is 20.3. The van der Waals surface area contributed by atoms with Gasteiger partial charge in [-0.1, -0.05) is 91.0 Å². The van der Waals surface area contributed by atoms with Gasteiger partial charge in [0, 0.05) is 6.42 Å². The molecule has 0 aromatic heterocycles. The highest BCUT2D eigenvalue weighted by molar-refractivity contribution is 5.77. The van der Waals surface area contributed by atoms with E-state index in [0.717, 1.165) is 16.7 Å². The molecule has 3 aromatic carbocycles. The minimum atomic E-state index is -1.03. The molecule has 3 aromatic rings. The van der Waals surface area contributed by atoms with E-state index in [4.69, 9.17) is 5.73 Å². The maximum atomic E-state index is 12.1. The molecule has 0 saturated heterocycles. The first-order valence-electron chi connectivity index (χ1n) is 9.49. The van der Waals surface area contributed by atoms with Crippen LogP contribution in [0.25, 0.3) is 0 Å². The molecule has 1 amide bonds. The normalized spacial score (nSPS) is 12.3. The minimum absolute atomic E-state index is 0.0155. The average Bonchev–Trinajstić information content (AvgIpc) is 2.75. The zero-order valence-corrected chi connectivity index (χ0v) is 16.0. The number of carboxylic acid groups (broad SMARTS) is 1. The Bertz CT molecular complexity index is 847. The second-order valence-corrected chi connectivity index (χ2v) is 6.89. The maximum Gasteiger partial charge on any atom is 0.320 e. The topological polar surface area (TPSA) is 92.4 Å². The molecule has 0 fully saturated rings. The SMILES string of the molecule is NC(=O)CC[C@@H](NC(c1ccccc1)(c1ccccc1)c1ccccc1)C(=O)O. The molecule has 0 saturated carbocycles. The van der Waals surface area contributed by atoms with Crippen molar-refractivity contribution in [1.29, 1.82) is 0 Å². The van der Waals surface area contributed by atoms with E-state index in [9.17, 15) is 14.7 Å². The number of benzene rings is 3. The largest absolute Gasteiger partial charge is 0.480 e. The lowest BCUT2D eigenvalue weighted by Crippen LogP contribution is -2.52. The van der Waals surface area contributed by atoms with E-state index >= 15 is 0 Å². The molecule has 0 radical (unpaired) electrons. The van der Waals surface area contributed by atoms with Crippen LogP contribution in [0.4, 0.5) is 0 Å². The van der Waals surface area contributed by atoms with Crippen LogP contribution in [0.5, 0.6) is 0 Å². The molecule has 0 aliphatic heterocycles. The summed E-state index contributed by atoms with van der Waals surface area (Å²) in [6.45, 7) is 0. The highest BCUT2D eigenvalue weighted by Gasteiger charge is 2.39. The van der Waals surface area contributed by atoms with Crippen molar-refractivity contribution in [2.45, 2.75) is 24.4 Å². The lowest BCUT2D eigenvalue weighted by molar-refractivity contribution is -0.140. The number of amides is 1. The third-order valence-corrected chi connectivity index (χ3v) is 4.99. The summed E-state index contributed by atoms with van der Waals surface area (Å²) < 4.78 is 0. The molecule has 1 atom stereocenters. The predicted molar refractivity (Wildman–Crippen MR) is 112 cm³/mol. The molecular formula is C24H24N2O3. The summed E-state index contributed by atoms with van der Waals surface area (Å²) in [5.41, 5.74) is 7.08. The standard InChI is InChI=1S/C24H24N2O3/c25-22(27)17-16-21(23(28)29)26-24(18-10-4-1-5-11-18,19-12-6-2-7-13-19)20-14-8-3-9-15-20/h1-15,21,26H,16-17H2,(H2,25,27)(H,28,29)/t21-/m1/s1. The molecule has 0 bridgehead atoms. The summed E-state index contributed by atoms with van der Waals surface area (Å²) in [6.07, 6.45) is 0.0807. The quantitative estimate of drug-likeness (QED) is 0.491. The summed E-state index contributed by atoms with van der Waals surface area (Å²) >= 11 is 0. The molecule has 148 valence electrons. The van der Waals surface area contributed by atoms with Crippen LogP contribution < -0.4 is 11.1 Å². The van der Waals surface area contributed by atoms with Gasteiger partial charge in [-0.15, -0.1) is 0 Å². The minimum Gasteiger partial charge on any atom is -0.480 e. The third-order valence-electron chi connectivity index (χ3n) is 4.99. The Morgan fingerprint density at radius 2 is 1.17 bits per heavy atom. The summed E-state index contributed by atoms with van der Waals surface area (Å²) in [6, 6.07) is 28.2. The van der Waals surface area contributed by atoms with Gasteiger partial charge in [0.25, 0.3) is 0 Å². The van der Waals surface area contributed by atoms with Crippen molar-refractivity contribution < 1.29 is 14.7 Å². The van der Waals surface area contributed by atoms with Crippen LogP contribution in [-0.2, 0) is 15.1 Å². The number of hydrogen-bond acceptors (Lipinski definition) is 3. The average molecular weight is 388 g/mol. The fraction of sp³-hybridized carbons (Fsp3) is 0.167. The van der Waals surface area contributed by atoms with Crippen molar-refractivity contribution in [3.05, 3.63) is 108 Å². The molecule has 0 unspecified atom stereocenters. The summed E-state index contributed by atoms with van der Waals surface area (Å²) in [7, 11) is 0. The van der Waals surface area contributed by atoms with E-state index in [1.165, 1.54) is 0 Å². The van der Waals surface area contributed by atoms with Crippen LogP contribution >= 0.6 is 0 Å². The van der Waals surface area contributed by atoms with E-state index in [2.05, 4.69) is 5.32 Å². The Labute approximate surface area is 170 Å². The summed E-state index contributed by atoms with van der Waals surface area (Å²) in [4.78, 5) is 23.4. The molecule has 4 N–H and O–H groups in total. The number of carbonyl (C=O) groups excluding carboxylic acids is 1. The number of nitrogens with two attached hydrogens (primary N) is 1. The van der Waals surface area contributed by atoms with Crippen molar-refractivity contribution in [3.63, 3.8) is 0 Å². The van der Waals surface area contributed by atoms with Gasteiger partial charge < -0.3 is 10.8 Å². The first-order valence-corrected chi connectivity index (χ1v) is 9.49. The van der Waals surface area contributed by atoms with Gasteiger partial charge in [0.15, 0.2) is 0 Å². The molecule has 3 rings (SSSR count).